The molecule has 1 aromatic carbocycles. The first-order valence-electron chi connectivity index (χ1n) is 8.69. The summed E-state index contributed by atoms with van der Waals surface area (Å²) in [6.07, 6.45) is 1.16. The minimum atomic E-state index is -0.800. The second kappa shape index (κ2) is 8.09. The van der Waals surface area contributed by atoms with Crippen LogP contribution in [0, 0.1) is 19.7 Å². The summed E-state index contributed by atoms with van der Waals surface area (Å²) in [6.45, 7) is 2.55. The van der Waals surface area contributed by atoms with Gasteiger partial charge in [0, 0.05) is 34.9 Å². The highest BCUT2D eigenvalue weighted by atomic mass is 19.1. The molecule has 0 aliphatic rings. The lowest BCUT2D eigenvalue weighted by Crippen LogP contribution is -2.31. The highest BCUT2D eigenvalue weighted by Gasteiger charge is 2.18. The van der Waals surface area contributed by atoms with Gasteiger partial charge in [0.15, 0.2) is 6.61 Å². The number of rotatable bonds is 6. The van der Waals surface area contributed by atoms with Crippen molar-refractivity contribution in [3.05, 3.63) is 86.2 Å². The number of benzene rings is 1. The molecule has 0 bridgehead atoms. The number of H-pyrrole nitrogens is 1. The van der Waals surface area contributed by atoms with E-state index in [9.17, 15) is 23.6 Å². The molecule has 8 nitrogen and oxygen atoms in total. The lowest BCUT2D eigenvalue weighted by Gasteiger charge is -2.10. The van der Waals surface area contributed by atoms with Crippen molar-refractivity contribution in [2.45, 2.75) is 20.4 Å². The average Bonchev–Trinajstić information content (AvgIpc) is 2.96. The van der Waals surface area contributed by atoms with Crippen molar-refractivity contribution in [3.8, 4) is 5.69 Å². The highest BCUT2D eigenvalue weighted by molar-refractivity contribution is 5.99. The zero-order chi connectivity index (χ0) is 21.1. The SMILES string of the molecule is Cc1cc(C(=O)COC(=O)Cn2ccc(=O)[nH]c2=O)c(C)n1-c1cccc(F)c1. The molecule has 0 fully saturated rings. The van der Waals surface area contributed by atoms with E-state index in [1.807, 2.05) is 4.98 Å². The minimum Gasteiger partial charge on any atom is -0.456 e. The Bertz CT molecular complexity index is 1210. The summed E-state index contributed by atoms with van der Waals surface area (Å²) < 4.78 is 21.2. The second-order valence-corrected chi connectivity index (χ2v) is 6.42. The average molecular weight is 399 g/mol. The predicted octanol–water partition coefficient (Wildman–Crippen LogP) is 1.51. The number of nitrogens with one attached hydrogen (secondary N) is 1. The molecule has 0 spiro atoms. The van der Waals surface area contributed by atoms with Crippen LogP contribution in [0.1, 0.15) is 21.7 Å². The number of hydrogen-bond donors (Lipinski definition) is 1. The lowest BCUT2D eigenvalue weighted by molar-refractivity contribution is -0.143. The molecule has 0 aliphatic carbocycles. The van der Waals surface area contributed by atoms with Gasteiger partial charge in [-0.1, -0.05) is 6.07 Å². The zero-order valence-electron chi connectivity index (χ0n) is 15.8. The van der Waals surface area contributed by atoms with Crippen molar-refractivity contribution in [3.63, 3.8) is 0 Å². The number of halogens is 1. The van der Waals surface area contributed by atoms with Gasteiger partial charge in [0.1, 0.15) is 12.4 Å². The summed E-state index contributed by atoms with van der Waals surface area (Å²) in [5.41, 5.74) is 0.908. The van der Waals surface area contributed by atoms with Gasteiger partial charge in [-0.05, 0) is 38.1 Å². The van der Waals surface area contributed by atoms with E-state index in [1.165, 1.54) is 12.1 Å². The monoisotopic (exact) mass is 399 g/mol. The Morgan fingerprint density at radius 1 is 1.14 bits per heavy atom. The summed E-state index contributed by atoms with van der Waals surface area (Å²) in [4.78, 5) is 49.1. The van der Waals surface area contributed by atoms with Gasteiger partial charge in [0.05, 0.1) is 0 Å². The highest BCUT2D eigenvalue weighted by Crippen LogP contribution is 2.22. The number of esters is 1. The number of ether oxygens (including phenoxy) is 1. The molecule has 0 aliphatic heterocycles. The number of nitrogens with zero attached hydrogens (tertiary/aromatic N) is 2. The minimum absolute atomic E-state index is 0.348. The number of ketones is 1. The van der Waals surface area contributed by atoms with Crippen LogP contribution >= 0.6 is 0 Å². The van der Waals surface area contributed by atoms with Crippen LogP contribution in [0.5, 0.6) is 0 Å². The Morgan fingerprint density at radius 2 is 1.90 bits per heavy atom. The molecule has 2 heterocycles. The van der Waals surface area contributed by atoms with E-state index >= 15 is 0 Å². The van der Waals surface area contributed by atoms with Crippen LogP contribution in [0.4, 0.5) is 4.39 Å². The number of aromatic nitrogens is 3. The van der Waals surface area contributed by atoms with E-state index in [2.05, 4.69) is 0 Å². The standard InChI is InChI=1S/C20H18FN3O5/c1-12-8-16(13(2)24(12)15-5-3-4-14(21)9-15)17(25)11-29-19(27)10-23-7-6-18(26)22-20(23)28/h3-9H,10-11H2,1-2H3,(H,22,26,28). The predicted molar refractivity (Wildman–Crippen MR) is 102 cm³/mol. The Balaban J connectivity index is 1.71. The van der Waals surface area contributed by atoms with Crippen molar-refractivity contribution in [2.24, 2.45) is 0 Å². The van der Waals surface area contributed by atoms with Crippen molar-refractivity contribution >= 4 is 11.8 Å². The van der Waals surface area contributed by atoms with E-state index in [4.69, 9.17) is 4.74 Å². The van der Waals surface area contributed by atoms with Crippen molar-refractivity contribution in [1.82, 2.24) is 14.1 Å². The normalized spacial score (nSPS) is 10.7. The van der Waals surface area contributed by atoms with Gasteiger partial charge in [-0.3, -0.25) is 23.9 Å². The number of aromatic amines is 1. The first-order chi connectivity index (χ1) is 13.8. The van der Waals surface area contributed by atoms with Crippen LogP contribution in [0.15, 0.2) is 52.2 Å². The third-order valence-electron chi connectivity index (χ3n) is 4.36. The molecule has 150 valence electrons. The fourth-order valence-corrected chi connectivity index (χ4v) is 3.03. The molecule has 0 saturated carbocycles. The van der Waals surface area contributed by atoms with Crippen LogP contribution in [0.2, 0.25) is 0 Å². The molecule has 29 heavy (non-hydrogen) atoms. The fraction of sp³-hybridized carbons (Fsp3) is 0.200. The quantitative estimate of drug-likeness (QED) is 0.500. The molecule has 0 atom stereocenters. The molecule has 0 amide bonds. The number of hydrogen-bond acceptors (Lipinski definition) is 5. The Labute approximate surface area is 164 Å². The van der Waals surface area contributed by atoms with Crippen LogP contribution in [0.3, 0.4) is 0 Å². The van der Waals surface area contributed by atoms with E-state index in [-0.39, 0.29) is 0 Å². The molecule has 0 radical (unpaired) electrons. The van der Waals surface area contributed by atoms with Gasteiger partial charge in [-0.15, -0.1) is 0 Å². The van der Waals surface area contributed by atoms with E-state index in [1.54, 1.807) is 36.6 Å². The molecule has 1 N–H and O–H groups in total. The lowest BCUT2D eigenvalue weighted by atomic mass is 10.1. The van der Waals surface area contributed by atoms with Gasteiger partial charge in [0.2, 0.25) is 5.78 Å². The van der Waals surface area contributed by atoms with Crippen LogP contribution in [0.25, 0.3) is 5.69 Å². The molecule has 2 aromatic heterocycles. The van der Waals surface area contributed by atoms with Gasteiger partial charge in [0.25, 0.3) is 5.56 Å². The topological polar surface area (TPSA) is 103 Å². The zero-order valence-corrected chi connectivity index (χ0v) is 15.8. The van der Waals surface area contributed by atoms with Gasteiger partial charge in [-0.25, -0.2) is 9.18 Å². The fourth-order valence-electron chi connectivity index (χ4n) is 3.03. The number of aryl methyl sites for hydroxylation is 1. The molecule has 3 rings (SSSR count). The number of Topliss-reactive ketones (excluding diaryl/α,β-unsaturated/α-hetero) is 1. The molecular formula is C20H18FN3O5. The Morgan fingerprint density at radius 3 is 2.59 bits per heavy atom. The molecule has 9 heteroatoms. The third-order valence-corrected chi connectivity index (χ3v) is 4.36. The summed E-state index contributed by atoms with van der Waals surface area (Å²) in [7, 11) is 0. The Hall–Kier alpha value is -3.75. The Kier molecular flexibility index (Phi) is 5.58. The van der Waals surface area contributed by atoms with E-state index in [0.29, 0.717) is 16.9 Å². The maximum Gasteiger partial charge on any atom is 0.328 e. The maximum atomic E-state index is 13.5. The molecule has 3 aromatic rings. The maximum absolute atomic E-state index is 13.5. The van der Waals surface area contributed by atoms with Crippen molar-refractivity contribution in [1.29, 1.82) is 0 Å². The molecular weight excluding hydrogens is 381 g/mol. The summed E-state index contributed by atoms with van der Waals surface area (Å²) in [6, 6.07) is 8.72. The first kappa shape index (κ1) is 20.0. The molecule has 0 unspecified atom stereocenters. The van der Waals surface area contributed by atoms with Gasteiger partial charge in [-0.2, -0.15) is 0 Å². The largest absolute Gasteiger partial charge is 0.456 e. The smallest absolute Gasteiger partial charge is 0.328 e. The van der Waals surface area contributed by atoms with E-state index in [0.717, 1.165) is 22.5 Å². The first-order valence-corrected chi connectivity index (χ1v) is 8.69. The molecule has 0 saturated heterocycles. The van der Waals surface area contributed by atoms with Crippen molar-refractivity contribution < 1.29 is 18.7 Å². The second-order valence-electron chi connectivity index (χ2n) is 6.42. The van der Waals surface area contributed by atoms with E-state index < -0.39 is 42.0 Å². The number of carbonyl (C=O) groups is 2. The van der Waals surface area contributed by atoms with Gasteiger partial charge >= 0.3 is 11.7 Å². The van der Waals surface area contributed by atoms with Crippen LogP contribution in [-0.4, -0.2) is 32.5 Å². The van der Waals surface area contributed by atoms with Crippen molar-refractivity contribution in [2.75, 3.05) is 6.61 Å². The summed E-state index contributed by atoms with van der Waals surface area (Å²) in [5, 5.41) is 0. The van der Waals surface area contributed by atoms with Crippen LogP contribution < -0.4 is 11.2 Å². The van der Waals surface area contributed by atoms with Crippen LogP contribution in [-0.2, 0) is 16.1 Å². The number of carbonyl (C=O) groups excluding carboxylic acids is 2. The third kappa shape index (κ3) is 4.40. The van der Waals surface area contributed by atoms with Gasteiger partial charge < -0.3 is 9.30 Å². The summed E-state index contributed by atoms with van der Waals surface area (Å²) >= 11 is 0. The summed E-state index contributed by atoms with van der Waals surface area (Å²) in [5.74, 6) is -1.62.